The van der Waals surface area contributed by atoms with Crippen molar-refractivity contribution in [3.8, 4) is 5.82 Å². The number of rotatable bonds is 6. The Morgan fingerprint density at radius 3 is 2.78 bits per heavy atom. The van der Waals surface area contributed by atoms with Crippen molar-refractivity contribution >= 4 is 11.5 Å². The van der Waals surface area contributed by atoms with Crippen LogP contribution in [0.1, 0.15) is 19.3 Å². The monoisotopic (exact) mass is 317 g/mol. The van der Waals surface area contributed by atoms with Crippen molar-refractivity contribution in [2.45, 2.75) is 19.3 Å². The molecule has 1 saturated heterocycles. The van der Waals surface area contributed by atoms with Gasteiger partial charge in [-0.15, -0.1) is 0 Å². The van der Waals surface area contributed by atoms with Crippen LogP contribution in [0.15, 0.2) is 25.0 Å². The predicted molar refractivity (Wildman–Crippen MR) is 84.6 cm³/mol. The van der Waals surface area contributed by atoms with Gasteiger partial charge < -0.3 is 10.2 Å². The van der Waals surface area contributed by atoms with Crippen LogP contribution in [0.25, 0.3) is 5.82 Å². The van der Waals surface area contributed by atoms with Gasteiger partial charge in [0.1, 0.15) is 12.7 Å². The van der Waals surface area contributed by atoms with E-state index in [9.17, 15) is 10.1 Å². The van der Waals surface area contributed by atoms with Gasteiger partial charge >= 0.3 is 5.69 Å². The summed E-state index contributed by atoms with van der Waals surface area (Å²) in [7, 11) is 0. The van der Waals surface area contributed by atoms with Gasteiger partial charge in [-0.25, -0.2) is 15.0 Å². The number of likely N-dealkylation sites (tertiary alicyclic amines) is 1. The first-order valence-electron chi connectivity index (χ1n) is 7.69. The molecule has 0 aliphatic carbocycles. The number of nitro groups is 1. The third-order valence-corrected chi connectivity index (χ3v) is 3.90. The minimum absolute atomic E-state index is 0.135. The number of aromatic nitrogens is 4. The average molecular weight is 317 g/mol. The molecule has 2 aromatic heterocycles. The van der Waals surface area contributed by atoms with Crippen LogP contribution < -0.4 is 5.32 Å². The van der Waals surface area contributed by atoms with Crippen molar-refractivity contribution in [3.63, 3.8) is 0 Å². The smallest absolute Gasteiger partial charge is 0.354 e. The molecule has 1 fully saturated rings. The van der Waals surface area contributed by atoms with E-state index in [1.54, 1.807) is 12.4 Å². The Kier molecular flexibility index (Phi) is 4.77. The van der Waals surface area contributed by atoms with Crippen molar-refractivity contribution in [1.82, 2.24) is 24.4 Å². The Labute approximate surface area is 133 Å². The zero-order valence-electron chi connectivity index (χ0n) is 12.8. The minimum Gasteiger partial charge on any atom is -0.363 e. The molecule has 1 aliphatic rings. The molecule has 0 radical (unpaired) electrons. The summed E-state index contributed by atoms with van der Waals surface area (Å²) >= 11 is 0. The zero-order valence-corrected chi connectivity index (χ0v) is 12.8. The number of hydrogen-bond donors (Lipinski definition) is 1. The van der Waals surface area contributed by atoms with Crippen LogP contribution in [0, 0.1) is 10.1 Å². The summed E-state index contributed by atoms with van der Waals surface area (Å²) in [4.78, 5) is 25.3. The molecule has 122 valence electrons. The molecule has 2 aromatic rings. The first-order valence-corrected chi connectivity index (χ1v) is 7.69. The van der Waals surface area contributed by atoms with Crippen LogP contribution in [-0.2, 0) is 0 Å². The normalized spacial score (nSPS) is 15.5. The first-order chi connectivity index (χ1) is 11.3. The number of anilines is 1. The van der Waals surface area contributed by atoms with E-state index >= 15 is 0 Å². The largest absolute Gasteiger partial charge is 0.363 e. The lowest BCUT2D eigenvalue weighted by Gasteiger charge is -2.26. The van der Waals surface area contributed by atoms with Crippen LogP contribution in [-0.4, -0.2) is 55.5 Å². The van der Waals surface area contributed by atoms with Crippen LogP contribution in [0.5, 0.6) is 0 Å². The van der Waals surface area contributed by atoms with Crippen LogP contribution in [0.4, 0.5) is 11.5 Å². The van der Waals surface area contributed by atoms with E-state index in [1.165, 1.54) is 36.5 Å². The van der Waals surface area contributed by atoms with E-state index in [2.05, 4.69) is 25.2 Å². The summed E-state index contributed by atoms with van der Waals surface area (Å²) < 4.78 is 1.51. The summed E-state index contributed by atoms with van der Waals surface area (Å²) in [5, 5.41) is 14.5. The maximum atomic E-state index is 11.4. The molecule has 0 atom stereocenters. The molecule has 23 heavy (non-hydrogen) atoms. The lowest BCUT2D eigenvalue weighted by molar-refractivity contribution is -0.384. The molecular formula is C14H19N7O2. The molecule has 0 unspecified atom stereocenters. The molecule has 9 nitrogen and oxygen atoms in total. The van der Waals surface area contributed by atoms with Crippen LogP contribution in [0.2, 0.25) is 0 Å². The second-order valence-corrected chi connectivity index (χ2v) is 5.45. The molecule has 1 N–H and O–H groups in total. The van der Waals surface area contributed by atoms with E-state index in [-0.39, 0.29) is 17.3 Å². The molecule has 9 heteroatoms. The van der Waals surface area contributed by atoms with Crippen LogP contribution in [0.3, 0.4) is 0 Å². The van der Waals surface area contributed by atoms with E-state index in [0.717, 1.165) is 19.6 Å². The topological polar surface area (TPSA) is 102 Å². The Bertz CT molecular complexity index is 653. The highest BCUT2D eigenvalue weighted by Crippen LogP contribution is 2.27. The quantitative estimate of drug-likeness (QED) is 0.635. The second-order valence-electron chi connectivity index (χ2n) is 5.45. The molecular weight excluding hydrogens is 298 g/mol. The summed E-state index contributed by atoms with van der Waals surface area (Å²) in [6.07, 6.45) is 9.70. The number of hydrogen-bond acceptors (Lipinski definition) is 7. The molecule has 1 aliphatic heterocycles. The first kappa shape index (κ1) is 15.3. The highest BCUT2D eigenvalue weighted by atomic mass is 16.6. The highest BCUT2D eigenvalue weighted by Gasteiger charge is 2.24. The van der Waals surface area contributed by atoms with E-state index < -0.39 is 4.92 Å². The third-order valence-electron chi connectivity index (χ3n) is 3.90. The fourth-order valence-corrected chi connectivity index (χ4v) is 2.76. The van der Waals surface area contributed by atoms with Gasteiger partial charge in [0.25, 0.3) is 0 Å². The third kappa shape index (κ3) is 3.62. The average Bonchev–Trinajstić information content (AvgIpc) is 3.10. The molecule has 0 aromatic carbocycles. The van der Waals surface area contributed by atoms with Gasteiger partial charge in [-0.3, -0.25) is 14.7 Å². The number of nitrogens with zero attached hydrogens (tertiary/aromatic N) is 6. The van der Waals surface area contributed by atoms with Crippen LogP contribution >= 0.6 is 0 Å². The van der Waals surface area contributed by atoms with E-state index in [0.29, 0.717) is 6.54 Å². The van der Waals surface area contributed by atoms with Crippen molar-refractivity contribution in [1.29, 1.82) is 0 Å². The summed E-state index contributed by atoms with van der Waals surface area (Å²) in [5.74, 6) is 0.452. The summed E-state index contributed by atoms with van der Waals surface area (Å²) in [6, 6.07) is 0. The van der Waals surface area contributed by atoms with Crippen molar-refractivity contribution in [2.75, 3.05) is 31.5 Å². The van der Waals surface area contributed by atoms with Gasteiger partial charge in [0.2, 0.25) is 11.6 Å². The Morgan fingerprint density at radius 1 is 1.26 bits per heavy atom. The van der Waals surface area contributed by atoms with Gasteiger partial charge in [0, 0.05) is 25.5 Å². The fourth-order valence-electron chi connectivity index (χ4n) is 2.76. The Balaban J connectivity index is 1.73. The van der Waals surface area contributed by atoms with Crippen molar-refractivity contribution in [2.24, 2.45) is 0 Å². The van der Waals surface area contributed by atoms with Gasteiger partial charge in [0.15, 0.2) is 0 Å². The maximum Gasteiger partial charge on any atom is 0.354 e. The lowest BCUT2D eigenvalue weighted by Crippen LogP contribution is -2.33. The molecule has 0 bridgehead atoms. The lowest BCUT2D eigenvalue weighted by atomic mass is 10.1. The highest BCUT2D eigenvalue weighted by molar-refractivity contribution is 5.63. The predicted octanol–water partition coefficient (Wildman–Crippen LogP) is 1.47. The van der Waals surface area contributed by atoms with E-state index in [4.69, 9.17) is 0 Å². The zero-order chi connectivity index (χ0) is 16.1. The van der Waals surface area contributed by atoms with Gasteiger partial charge in [-0.05, 0) is 25.9 Å². The standard InChI is InChI=1S/C14H19N7O2/c22-21(23)12-13(16-5-8-19-6-2-1-3-7-19)17-10-18-14(12)20-9-4-15-11-20/h4,9-11H,1-3,5-8H2,(H,16,17,18). The number of piperidine rings is 1. The SMILES string of the molecule is O=[N+]([O-])c1c(NCCN2CCCCC2)ncnc1-n1ccnc1. The Hall–Kier alpha value is -2.55. The summed E-state index contributed by atoms with van der Waals surface area (Å²) in [6.45, 7) is 3.64. The van der Waals surface area contributed by atoms with Gasteiger partial charge in [-0.2, -0.15) is 0 Å². The number of nitrogens with one attached hydrogen (secondary N) is 1. The molecule has 0 amide bonds. The van der Waals surface area contributed by atoms with Crippen molar-refractivity contribution < 1.29 is 4.92 Å². The molecule has 0 spiro atoms. The fraction of sp³-hybridized carbons (Fsp3) is 0.500. The van der Waals surface area contributed by atoms with Gasteiger partial charge in [0.05, 0.1) is 4.92 Å². The van der Waals surface area contributed by atoms with E-state index in [1.807, 2.05) is 0 Å². The molecule has 0 saturated carbocycles. The Morgan fingerprint density at radius 2 is 2.09 bits per heavy atom. The summed E-state index contributed by atoms with van der Waals surface area (Å²) in [5.41, 5.74) is -0.135. The maximum absolute atomic E-state index is 11.4. The molecule has 3 rings (SSSR count). The van der Waals surface area contributed by atoms with Crippen molar-refractivity contribution in [3.05, 3.63) is 35.2 Å². The molecule has 3 heterocycles. The minimum atomic E-state index is -0.460. The number of imidazole rings is 1. The van der Waals surface area contributed by atoms with Gasteiger partial charge in [-0.1, -0.05) is 6.42 Å². The second kappa shape index (κ2) is 7.14.